The van der Waals surface area contributed by atoms with Crippen molar-refractivity contribution in [3.8, 4) is 5.75 Å². The van der Waals surface area contributed by atoms with Crippen LogP contribution in [0.1, 0.15) is 12.0 Å². The lowest BCUT2D eigenvalue weighted by molar-refractivity contribution is -0.121. The van der Waals surface area contributed by atoms with Crippen LogP contribution in [0.25, 0.3) is 10.9 Å². The van der Waals surface area contributed by atoms with Gasteiger partial charge in [0.05, 0.1) is 17.2 Å². The highest BCUT2D eigenvalue weighted by Crippen LogP contribution is 2.13. The van der Waals surface area contributed by atoms with Gasteiger partial charge in [-0.15, -0.1) is 0 Å². The quantitative estimate of drug-likeness (QED) is 0.601. The Morgan fingerprint density at radius 2 is 2.00 bits per heavy atom. The molecule has 0 bridgehead atoms. The van der Waals surface area contributed by atoms with Gasteiger partial charge >= 0.3 is 0 Å². The van der Waals surface area contributed by atoms with E-state index in [1.165, 1.54) is 10.9 Å². The minimum Gasteiger partial charge on any atom is -0.492 e. The number of likely N-dealkylation sites (N-methyl/N-ethyl adjacent to an activating group) is 1. The summed E-state index contributed by atoms with van der Waals surface area (Å²) in [5, 5.41) is 3.45. The van der Waals surface area contributed by atoms with Crippen LogP contribution >= 0.6 is 0 Å². The van der Waals surface area contributed by atoms with Gasteiger partial charge in [-0.3, -0.25) is 14.2 Å². The zero-order valence-corrected chi connectivity index (χ0v) is 16.8. The summed E-state index contributed by atoms with van der Waals surface area (Å²) in [4.78, 5) is 31.0. The van der Waals surface area contributed by atoms with Crippen molar-refractivity contribution in [3.63, 3.8) is 0 Å². The molecule has 3 rings (SSSR count). The number of amides is 1. The summed E-state index contributed by atoms with van der Waals surface area (Å²) in [5.74, 6) is 0.663. The number of ether oxygens (including phenoxy) is 1. The molecule has 0 aliphatic heterocycles. The minimum absolute atomic E-state index is 0.121. The number of hydrogen-bond donors (Lipinski definition) is 1. The Balaban J connectivity index is 1.50. The molecule has 0 unspecified atom stereocenters. The first-order valence-electron chi connectivity index (χ1n) is 9.60. The first-order valence-corrected chi connectivity index (χ1v) is 9.60. The van der Waals surface area contributed by atoms with E-state index < -0.39 is 0 Å². The average Bonchev–Trinajstić information content (AvgIpc) is 2.72. The molecule has 29 heavy (non-hydrogen) atoms. The van der Waals surface area contributed by atoms with E-state index in [1.807, 2.05) is 44.4 Å². The molecule has 0 aliphatic carbocycles. The highest BCUT2D eigenvalue weighted by Gasteiger charge is 2.07. The molecule has 1 amide bonds. The molecule has 1 aromatic heterocycles. The zero-order chi connectivity index (χ0) is 20.6. The first-order chi connectivity index (χ1) is 14.0. The van der Waals surface area contributed by atoms with Gasteiger partial charge in [0.25, 0.3) is 5.56 Å². The number of para-hydroxylation sites is 1. The van der Waals surface area contributed by atoms with Gasteiger partial charge in [0, 0.05) is 26.1 Å². The van der Waals surface area contributed by atoms with E-state index in [4.69, 9.17) is 4.74 Å². The fourth-order valence-electron chi connectivity index (χ4n) is 2.87. The smallest absolute Gasteiger partial charge is 0.261 e. The second kappa shape index (κ2) is 9.84. The Labute approximate surface area is 169 Å². The number of aromatic nitrogens is 2. The molecule has 152 valence electrons. The van der Waals surface area contributed by atoms with Crippen molar-refractivity contribution in [2.75, 3.05) is 27.2 Å². The highest BCUT2D eigenvalue weighted by molar-refractivity contribution is 5.77. The number of aryl methyl sites for hydroxylation is 1. The van der Waals surface area contributed by atoms with Crippen molar-refractivity contribution in [1.82, 2.24) is 19.8 Å². The van der Waals surface area contributed by atoms with Crippen molar-refractivity contribution in [2.45, 2.75) is 19.5 Å². The van der Waals surface area contributed by atoms with Crippen molar-refractivity contribution < 1.29 is 9.53 Å². The summed E-state index contributed by atoms with van der Waals surface area (Å²) in [5.41, 5.74) is 1.49. The molecule has 1 heterocycles. The van der Waals surface area contributed by atoms with Crippen LogP contribution in [0.5, 0.6) is 5.75 Å². The molecule has 0 spiro atoms. The fourth-order valence-corrected chi connectivity index (χ4v) is 2.87. The normalized spacial score (nSPS) is 11.0. The molecular formula is C22H26N4O3. The molecule has 1 N–H and O–H groups in total. The van der Waals surface area contributed by atoms with E-state index >= 15 is 0 Å². The molecule has 7 nitrogen and oxygen atoms in total. The lowest BCUT2D eigenvalue weighted by atomic mass is 10.2. The number of rotatable bonds is 9. The second-order valence-corrected chi connectivity index (χ2v) is 7.09. The van der Waals surface area contributed by atoms with Gasteiger partial charge in [-0.1, -0.05) is 24.3 Å². The topological polar surface area (TPSA) is 76.5 Å². The third-order valence-electron chi connectivity index (χ3n) is 4.51. The van der Waals surface area contributed by atoms with Crippen molar-refractivity contribution in [2.24, 2.45) is 0 Å². The van der Waals surface area contributed by atoms with E-state index in [0.717, 1.165) is 17.9 Å². The van der Waals surface area contributed by atoms with Gasteiger partial charge in [0.1, 0.15) is 12.4 Å². The SMILES string of the molecule is CN(C)CCOc1cccc(CNC(=O)CCn2cnc3ccccc3c2=O)c1. The standard InChI is InChI=1S/C22H26N4O3/c1-25(2)12-13-29-18-7-5-6-17(14-18)15-23-21(27)10-11-26-16-24-20-9-4-3-8-19(20)22(26)28/h3-9,14,16H,10-13,15H2,1-2H3,(H,23,27). The maximum atomic E-state index is 12.5. The van der Waals surface area contributed by atoms with Crippen molar-refractivity contribution in [3.05, 3.63) is 70.8 Å². The van der Waals surface area contributed by atoms with E-state index in [0.29, 0.717) is 24.1 Å². The number of carbonyl (C=O) groups is 1. The lowest BCUT2D eigenvalue weighted by Crippen LogP contribution is -2.27. The molecule has 0 fully saturated rings. The molecule has 0 saturated carbocycles. The Morgan fingerprint density at radius 3 is 2.83 bits per heavy atom. The Kier molecular flexibility index (Phi) is 6.97. The van der Waals surface area contributed by atoms with Crippen LogP contribution in [0.2, 0.25) is 0 Å². The number of benzene rings is 2. The fraction of sp³-hybridized carbons (Fsp3) is 0.318. The maximum Gasteiger partial charge on any atom is 0.261 e. The highest BCUT2D eigenvalue weighted by atomic mass is 16.5. The monoisotopic (exact) mass is 394 g/mol. The van der Waals surface area contributed by atoms with Crippen molar-refractivity contribution >= 4 is 16.8 Å². The van der Waals surface area contributed by atoms with Gasteiger partial charge in [-0.25, -0.2) is 4.98 Å². The van der Waals surface area contributed by atoms with Crippen LogP contribution in [0, 0.1) is 0 Å². The number of hydrogen-bond acceptors (Lipinski definition) is 5. The zero-order valence-electron chi connectivity index (χ0n) is 16.8. The third kappa shape index (κ3) is 5.89. The van der Waals surface area contributed by atoms with E-state index in [2.05, 4.69) is 15.2 Å². The average molecular weight is 394 g/mol. The van der Waals surface area contributed by atoms with Gasteiger partial charge in [0.15, 0.2) is 0 Å². The Morgan fingerprint density at radius 1 is 1.17 bits per heavy atom. The molecule has 3 aromatic rings. The number of nitrogens with zero attached hydrogens (tertiary/aromatic N) is 3. The molecule has 0 saturated heterocycles. The van der Waals surface area contributed by atoms with Crippen LogP contribution < -0.4 is 15.6 Å². The van der Waals surface area contributed by atoms with Gasteiger partial charge in [-0.2, -0.15) is 0 Å². The molecule has 0 atom stereocenters. The predicted molar refractivity (Wildman–Crippen MR) is 113 cm³/mol. The number of carbonyl (C=O) groups excluding carboxylic acids is 1. The second-order valence-electron chi connectivity index (χ2n) is 7.09. The lowest BCUT2D eigenvalue weighted by Gasteiger charge is -2.12. The van der Waals surface area contributed by atoms with Crippen LogP contribution in [0.3, 0.4) is 0 Å². The summed E-state index contributed by atoms with van der Waals surface area (Å²) in [6.45, 7) is 2.14. The molecule has 0 radical (unpaired) electrons. The maximum absolute atomic E-state index is 12.5. The number of nitrogens with one attached hydrogen (secondary N) is 1. The van der Waals surface area contributed by atoms with Crippen molar-refractivity contribution in [1.29, 1.82) is 0 Å². The van der Waals surface area contributed by atoms with Crippen LogP contribution in [-0.4, -0.2) is 47.6 Å². The summed E-state index contributed by atoms with van der Waals surface area (Å²) in [7, 11) is 3.99. The summed E-state index contributed by atoms with van der Waals surface area (Å²) in [6, 6.07) is 14.9. The van der Waals surface area contributed by atoms with Crippen LogP contribution in [0.15, 0.2) is 59.7 Å². The molecule has 7 heteroatoms. The van der Waals surface area contributed by atoms with Crippen LogP contribution in [0.4, 0.5) is 0 Å². The summed E-state index contributed by atoms with van der Waals surface area (Å²) >= 11 is 0. The minimum atomic E-state index is -0.133. The molecular weight excluding hydrogens is 368 g/mol. The Bertz CT molecular complexity index is 1030. The van der Waals surface area contributed by atoms with Gasteiger partial charge < -0.3 is 15.0 Å². The van der Waals surface area contributed by atoms with E-state index in [-0.39, 0.29) is 24.4 Å². The first kappa shape index (κ1) is 20.5. The molecule has 2 aromatic carbocycles. The third-order valence-corrected chi connectivity index (χ3v) is 4.51. The number of fused-ring (bicyclic) bond motifs is 1. The largest absolute Gasteiger partial charge is 0.492 e. The van der Waals surface area contributed by atoms with E-state index in [1.54, 1.807) is 18.2 Å². The van der Waals surface area contributed by atoms with E-state index in [9.17, 15) is 9.59 Å². The van der Waals surface area contributed by atoms with Crippen LogP contribution in [-0.2, 0) is 17.9 Å². The molecule has 0 aliphatic rings. The predicted octanol–water partition coefficient (Wildman–Crippen LogP) is 2.04. The van der Waals surface area contributed by atoms with Gasteiger partial charge in [-0.05, 0) is 43.9 Å². The van der Waals surface area contributed by atoms with Gasteiger partial charge in [0.2, 0.25) is 5.91 Å². The Hall–Kier alpha value is -3.19. The summed E-state index contributed by atoms with van der Waals surface area (Å²) in [6.07, 6.45) is 1.70. The summed E-state index contributed by atoms with van der Waals surface area (Å²) < 4.78 is 7.19.